The van der Waals surface area contributed by atoms with Gasteiger partial charge < -0.3 is 0 Å². The van der Waals surface area contributed by atoms with E-state index in [4.69, 9.17) is 0 Å². The van der Waals surface area contributed by atoms with Crippen molar-refractivity contribution in [3.05, 3.63) is 0 Å². The van der Waals surface area contributed by atoms with Gasteiger partial charge in [-0.2, -0.15) is 0 Å². The summed E-state index contributed by atoms with van der Waals surface area (Å²) in [5, 5.41) is 0. The van der Waals surface area contributed by atoms with E-state index in [1.165, 1.54) is 4.37 Å². The fraction of sp³-hybridized carbons (Fsp3) is 1.00. The first kappa shape index (κ1) is 6.78. The summed E-state index contributed by atoms with van der Waals surface area (Å²) >= 11 is 6.09. The molecule has 0 aromatic carbocycles. The molecule has 0 fully saturated rings. The number of hydrogen-bond donors (Lipinski definition) is 0. The molecule has 0 aromatic rings. The van der Waals surface area contributed by atoms with Crippen LogP contribution < -0.4 is 0 Å². The van der Waals surface area contributed by atoms with Gasteiger partial charge in [0.25, 0.3) is 0 Å². The Morgan fingerprint density at radius 3 is 1.80 bits per heavy atom. The maximum absolute atomic E-state index is 3.47. The molecule has 0 aromatic heterocycles. The van der Waals surface area contributed by atoms with Gasteiger partial charge in [-0.3, -0.25) is 0 Å². The van der Waals surface area contributed by atoms with E-state index in [2.05, 4.69) is 32.1 Å². The van der Waals surface area contributed by atoms with Gasteiger partial charge in [0.05, 0.1) is 0 Å². The molecule has 0 unspecified atom stereocenters. The topological polar surface area (TPSA) is 0 Å². The second-order valence-corrected chi connectivity index (χ2v) is 22.0. The van der Waals surface area contributed by atoms with Crippen LogP contribution in [-0.2, 0) is 0 Å². The molecule has 0 aliphatic carbocycles. The molecule has 0 amide bonds. The summed E-state index contributed by atoms with van der Waals surface area (Å²) in [6, 6.07) is 0. The van der Waals surface area contributed by atoms with Crippen molar-refractivity contribution in [2.45, 2.75) is 11.3 Å². The van der Waals surface area contributed by atoms with E-state index in [1.807, 2.05) is 0 Å². The Balaban J connectivity index is 2.54. The third-order valence-corrected chi connectivity index (χ3v) is 8.33. The van der Waals surface area contributed by atoms with Crippen LogP contribution in [-0.4, -0.2) is 15.7 Å². The van der Waals surface area contributed by atoms with Crippen molar-refractivity contribution in [3.63, 3.8) is 0 Å². The van der Waals surface area contributed by atoms with E-state index >= 15 is 0 Å². The van der Waals surface area contributed by atoms with Crippen molar-refractivity contribution in [2.24, 2.45) is 0 Å². The van der Waals surface area contributed by atoms with E-state index in [0.29, 0.717) is 0 Å². The van der Waals surface area contributed by atoms with Crippen molar-refractivity contribution >= 4 is 40.9 Å². The minimum atomic E-state index is -0.856. The molecule has 0 atom stereocenters. The van der Waals surface area contributed by atoms with Crippen LogP contribution >= 0.6 is 25.2 Å². The number of rotatable bonds is 1. The zero-order chi connectivity index (χ0) is 4.28. The average molecular weight is 311 g/mol. The van der Waals surface area contributed by atoms with E-state index in [0.717, 1.165) is 0 Å². The van der Waals surface area contributed by atoms with Crippen molar-refractivity contribution in [1.82, 2.24) is 0 Å². The standard InChI is InChI=1S/C2H5.2BrH.Sb/c1-2;;;/h1H2,2H3;2*1H;/q;;;+2/p-2. The molecule has 0 aliphatic rings. The average Bonchev–Trinajstić information content (AvgIpc) is 1.38. The Labute approximate surface area is 51.7 Å². The second kappa shape index (κ2) is 3.95. The van der Waals surface area contributed by atoms with Gasteiger partial charge in [0.15, 0.2) is 0 Å². The Hall–Kier alpha value is 1.78. The van der Waals surface area contributed by atoms with Crippen LogP contribution in [0.3, 0.4) is 0 Å². The van der Waals surface area contributed by atoms with Crippen LogP contribution in [0.25, 0.3) is 0 Å². The zero-order valence-electron chi connectivity index (χ0n) is 2.91. The van der Waals surface area contributed by atoms with Gasteiger partial charge in [-0.1, -0.05) is 0 Å². The maximum atomic E-state index is 3.47. The molecule has 0 saturated carbocycles. The van der Waals surface area contributed by atoms with Crippen LogP contribution in [0, 0.1) is 0 Å². The van der Waals surface area contributed by atoms with Crippen LogP contribution in [0.4, 0.5) is 0 Å². The van der Waals surface area contributed by atoms with Crippen LogP contribution in [0.15, 0.2) is 0 Å². The number of hydrogen-bond acceptors (Lipinski definition) is 0. The monoisotopic (exact) mass is 308 g/mol. The first-order valence-corrected chi connectivity index (χ1v) is 14.6. The second-order valence-electron chi connectivity index (χ2n) is 0.619. The molecule has 0 aliphatic heterocycles. The molecule has 0 bridgehead atoms. The summed E-state index contributed by atoms with van der Waals surface area (Å²) < 4.78 is 1.32. The van der Waals surface area contributed by atoms with Crippen molar-refractivity contribution in [3.8, 4) is 0 Å². The summed E-state index contributed by atoms with van der Waals surface area (Å²) in [5.74, 6) is 0. The first-order valence-electron chi connectivity index (χ1n) is 1.36. The predicted molar refractivity (Wildman–Crippen MR) is 34.1 cm³/mol. The van der Waals surface area contributed by atoms with E-state index < -0.39 is 15.7 Å². The number of halogens is 2. The normalized spacial score (nSPS) is 9.60. The van der Waals surface area contributed by atoms with Gasteiger partial charge in [-0.25, -0.2) is 0 Å². The minimum absolute atomic E-state index is 0.856. The third-order valence-electron chi connectivity index (χ3n) is 0.239. The zero-order valence-corrected chi connectivity index (χ0v) is 8.64. The molecule has 0 N–H and O–H groups in total. The summed E-state index contributed by atoms with van der Waals surface area (Å²) in [6.07, 6.45) is 0. The SMILES string of the molecule is C[CH2][Sb]([Br])[Br]. The summed E-state index contributed by atoms with van der Waals surface area (Å²) in [4.78, 5) is 0. The van der Waals surface area contributed by atoms with E-state index in [-0.39, 0.29) is 0 Å². The molecule has 3 heteroatoms. The molecule has 32 valence electrons. The fourth-order valence-electron chi connectivity index (χ4n) is 0. The van der Waals surface area contributed by atoms with Crippen molar-refractivity contribution in [1.29, 1.82) is 0 Å². The summed E-state index contributed by atoms with van der Waals surface area (Å²) in [7, 11) is 0. The quantitative estimate of drug-likeness (QED) is 0.652. The summed E-state index contributed by atoms with van der Waals surface area (Å²) in [5.41, 5.74) is 0. The Bertz CT molecular complexity index is 21.6. The van der Waals surface area contributed by atoms with Crippen LogP contribution in [0.2, 0.25) is 4.37 Å². The van der Waals surface area contributed by atoms with Crippen LogP contribution in [0.5, 0.6) is 0 Å². The van der Waals surface area contributed by atoms with Gasteiger partial charge in [0.2, 0.25) is 0 Å². The fourth-order valence-corrected chi connectivity index (χ4v) is 0. The molecule has 0 nitrogen and oxygen atoms in total. The molecule has 0 heterocycles. The van der Waals surface area contributed by atoms with Crippen LogP contribution in [0.1, 0.15) is 6.92 Å². The molecule has 0 saturated heterocycles. The summed E-state index contributed by atoms with van der Waals surface area (Å²) in [6.45, 7) is 2.19. The van der Waals surface area contributed by atoms with Gasteiger partial charge >= 0.3 is 52.2 Å². The molecular formula is C2H5Br2Sb. The molecule has 0 rings (SSSR count). The van der Waals surface area contributed by atoms with Gasteiger partial charge in [-0.05, 0) is 0 Å². The van der Waals surface area contributed by atoms with Gasteiger partial charge in [-0.15, -0.1) is 0 Å². The first-order chi connectivity index (χ1) is 2.27. The Kier molecular flexibility index (Phi) is 5.36. The Morgan fingerprint density at radius 2 is 1.80 bits per heavy atom. The third kappa shape index (κ3) is 5.78. The van der Waals surface area contributed by atoms with E-state index in [9.17, 15) is 0 Å². The Morgan fingerprint density at radius 1 is 1.60 bits per heavy atom. The van der Waals surface area contributed by atoms with Gasteiger partial charge in [0.1, 0.15) is 0 Å². The van der Waals surface area contributed by atoms with Gasteiger partial charge in [0, 0.05) is 0 Å². The van der Waals surface area contributed by atoms with Crippen molar-refractivity contribution < 1.29 is 0 Å². The molecule has 0 spiro atoms. The molecule has 0 radical (unpaired) electrons. The van der Waals surface area contributed by atoms with E-state index in [1.54, 1.807) is 0 Å². The molecule has 5 heavy (non-hydrogen) atoms. The molecular weight excluding hydrogens is 306 g/mol. The predicted octanol–water partition coefficient (Wildman–Crippen LogP) is 2.28. The van der Waals surface area contributed by atoms with Crippen molar-refractivity contribution in [2.75, 3.05) is 0 Å².